The molecule has 0 unspecified atom stereocenters. The maximum absolute atomic E-state index is 13.0. The molecular formula is C8H5BrF4O3S. The molecule has 0 amide bonds. The third-order valence-corrected chi connectivity index (χ3v) is 3.57. The van der Waals surface area contributed by atoms with E-state index in [9.17, 15) is 26.0 Å². The van der Waals surface area contributed by atoms with Crippen LogP contribution in [0.2, 0.25) is 0 Å². The highest BCUT2D eigenvalue weighted by atomic mass is 79.9. The van der Waals surface area contributed by atoms with E-state index in [1.165, 1.54) is 12.1 Å². The summed E-state index contributed by atoms with van der Waals surface area (Å²) in [6.07, 6.45) is 0. The molecule has 0 fully saturated rings. The monoisotopic (exact) mass is 336 g/mol. The highest BCUT2D eigenvalue weighted by Gasteiger charge is 2.47. The fraction of sp³-hybridized carbons (Fsp3) is 0.250. The first-order valence-corrected chi connectivity index (χ1v) is 6.24. The van der Waals surface area contributed by atoms with Crippen LogP contribution >= 0.6 is 15.9 Å². The Morgan fingerprint density at radius 1 is 1.29 bits per heavy atom. The number of hydrogen-bond donors (Lipinski definition) is 0. The van der Waals surface area contributed by atoms with Crippen LogP contribution < -0.4 is 0 Å². The molecule has 1 aromatic rings. The molecule has 0 aliphatic heterocycles. The van der Waals surface area contributed by atoms with Crippen LogP contribution in [0.25, 0.3) is 0 Å². The van der Waals surface area contributed by atoms with Gasteiger partial charge in [-0.2, -0.15) is 21.6 Å². The third-order valence-electron chi connectivity index (χ3n) is 1.68. The van der Waals surface area contributed by atoms with Crippen LogP contribution in [0.3, 0.4) is 0 Å². The first-order chi connectivity index (χ1) is 7.65. The van der Waals surface area contributed by atoms with Gasteiger partial charge in [0.1, 0.15) is 5.82 Å². The summed E-state index contributed by atoms with van der Waals surface area (Å²) in [5.41, 5.74) is -5.54. The van der Waals surface area contributed by atoms with Crippen LogP contribution in [0.15, 0.2) is 22.7 Å². The molecule has 0 heterocycles. The van der Waals surface area contributed by atoms with E-state index in [4.69, 9.17) is 0 Å². The minimum Gasteiger partial charge on any atom is -0.258 e. The third kappa shape index (κ3) is 3.39. The van der Waals surface area contributed by atoms with Crippen molar-refractivity contribution in [2.24, 2.45) is 0 Å². The van der Waals surface area contributed by atoms with E-state index in [1.807, 2.05) is 0 Å². The molecule has 1 aromatic carbocycles. The molecule has 0 saturated carbocycles. The van der Waals surface area contributed by atoms with Gasteiger partial charge in [-0.15, -0.1) is 0 Å². The van der Waals surface area contributed by atoms with Crippen molar-refractivity contribution in [1.82, 2.24) is 0 Å². The number of hydrogen-bond acceptors (Lipinski definition) is 3. The van der Waals surface area contributed by atoms with Crippen molar-refractivity contribution in [3.63, 3.8) is 0 Å². The molecule has 0 aliphatic carbocycles. The summed E-state index contributed by atoms with van der Waals surface area (Å²) in [4.78, 5) is 0. The zero-order valence-electron chi connectivity index (χ0n) is 7.96. The molecule has 0 aliphatic rings. The van der Waals surface area contributed by atoms with E-state index >= 15 is 0 Å². The van der Waals surface area contributed by atoms with Gasteiger partial charge in [0.15, 0.2) is 0 Å². The Hall–Kier alpha value is -0.670. The van der Waals surface area contributed by atoms with E-state index in [-0.39, 0.29) is 10.0 Å². The quantitative estimate of drug-likeness (QED) is 0.484. The van der Waals surface area contributed by atoms with E-state index in [2.05, 4.69) is 20.1 Å². The topological polar surface area (TPSA) is 43.4 Å². The molecule has 0 bridgehead atoms. The molecule has 0 aromatic heterocycles. The first-order valence-electron chi connectivity index (χ1n) is 4.04. The number of halogens is 5. The largest absolute Gasteiger partial charge is 0.523 e. The second-order valence-electron chi connectivity index (χ2n) is 2.87. The Bertz CT molecular complexity index is 512. The lowest BCUT2D eigenvalue weighted by Gasteiger charge is -2.09. The zero-order valence-corrected chi connectivity index (χ0v) is 10.4. The fourth-order valence-electron chi connectivity index (χ4n) is 0.868. The predicted molar refractivity (Wildman–Crippen MR) is 53.9 cm³/mol. The van der Waals surface area contributed by atoms with Gasteiger partial charge < -0.3 is 0 Å². The van der Waals surface area contributed by atoms with Gasteiger partial charge in [-0.1, -0.05) is 12.1 Å². The first kappa shape index (κ1) is 14.4. The number of benzene rings is 1. The van der Waals surface area contributed by atoms with E-state index in [0.29, 0.717) is 0 Å². The van der Waals surface area contributed by atoms with Crippen molar-refractivity contribution in [3.8, 4) is 0 Å². The normalized spacial score (nSPS) is 12.8. The minimum atomic E-state index is -5.67. The van der Waals surface area contributed by atoms with Crippen LogP contribution in [-0.4, -0.2) is 13.9 Å². The SMILES string of the molecule is O=S(=O)(OCc1cccc(F)c1Br)C(F)(F)F. The second kappa shape index (κ2) is 4.91. The maximum atomic E-state index is 13.0. The van der Waals surface area contributed by atoms with Crippen molar-refractivity contribution in [2.45, 2.75) is 12.1 Å². The number of rotatable bonds is 3. The van der Waals surface area contributed by atoms with Crippen molar-refractivity contribution in [2.75, 3.05) is 0 Å². The lowest BCUT2D eigenvalue weighted by Crippen LogP contribution is -2.25. The molecule has 1 rings (SSSR count). The lowest BCUT2D eigenvalue weighted by molar-refractivity contribution is -0.0548. The minimum absolute atomic E-state index is 0.0437. The summed E-state index contributed by atoms with van der Waals surface area (Å²) in [5.74, 6) is -0.726. The molecule has 96 valence electrons. The number of alkyl halides is 3. The molecule has 0 saturated heterocycles. The van der Waals surface area contributed by atoms with Gasteiger partial charge in [0.05, 0.1) is 11.1 Å². The van der Waals surface area contributed by atoms with Crippen LogP contribution in [0.1, 0.15) is 5.56 Å². The standard InChI is InChI=1S/C8H5BrF4O3S/c9-7-5(2-1-3-6(7)10)4-16-17(14,15)8(11,12)13/h1-3H,4H2. The Morgan fingerprint density at radius 3 is 2.41 bits per heavy atom. The van der Waals surface area contributed by atoms with Gasteiger partial charge in [-0.3, -0.25) is 4.18 Å². The van der Waals surface area contributed by atoms with Crippen molar-refractivity contribution < 1.29 is 30.2 Å². The highest BCUT2D eigenvalue weighted by Crippen LogP contribution is 2.27. The second-order valence-corrected chi connectivity index (χ2v) is 5.27. The molecule has 0 atom stereocenters. The summed E-state index contributed by atoms with van der Waals surface area (Å²) in [5, 5.41) is 0. The van der Waals surface area contributed by atoms with Gasteiger partial charge in [-0.05, 0) is 27.6 Å². The van der Waals surface area contributed by atoms with Gasteiger partial charge in [-0.25, -0.2) is 4.39 Å². The Morgan fingerprint density at radius 2 is 1.88 bits per heavy atom. The average Bonchev–Trinajstić information content (AvgIpc) is 2.18. The van der Waals surface area contributed by atoms with Gasteiger partial charge in [0, 0.05) is 0 Å². The average molecular weight is 337 g/mol. The molecule has 0 N–H and O–H groups in total. The van der Waals surface area contributed by atoms with Gasteiger partial charge in [0.25, 0.3) is 0 Å². The Balaban J connectivity index is 2.86. The highest BCUT2D eigenvalue weighted by molar-refractivity contribution is 9.10. The van der Waals surface area contributed by atoms with Crippen LogP contribution in [0, 0.1) is 5.82 Å². The fourth-order valence-corrected chi connectivity index (χ4v) is 1.66. The van der Waals surface area contributed by atoms with E-state index in [0.717, 1.165) is 6.07 Å². The smallest absolute Gasteiger partial charge is 0.258 e. The van der Waals surface area contributed by atoms with Crippen LogP contribution in [0.5, 0.6) is 0 Å². The Kier molecular flexibility index (Phi) is 4.15. The van der Waals surface area contributed by atoms with Gasteiger partial charge in [0.2, 0.25) is 0 Å². The van der Waals surface area contributed by atoms with Crippen molar-refractivity contribution in [1.29, 1.82) is 0 Å². The molecule has 9 heteroatoms. The summed E-state index contributed by atoms with van der Waals surface area (Å²) in [6, 6.07) is 3.52. The Labute approximate surface area is 103 Å². The summed E-state index contributed by atoms with van der Waals surface area (Å²) in [7, 11) is -5.67. The van der Waals surface area contributed by atoms with E-state index in [1.54, 1.807) is 0 Å². The molecular weight excluding hydrogens is 332 g/mol. The van der Waals surface area contributed by atoms with Crippen molar-refractivity contribution in [3.05, 3.63) is 34.1 Å². The summed E-state index contributed by atoms with van der Waals surface area (Å²) < 4.78 is 73.5. The summed E-state index contributed by atoms with van der Waals surface area (Å²) >= 11 is 2.77. The van der Waals surface area contributed by atoms with Gasteiger partial charge >= 0.3 is 15.6 Å². The molecule has 0 radical (unpaired) electrons. The van der Waals surface area contributed by atoms with Crippen LogP contribution in [0.4, 0.5) is 17.6 Å². The summed E-state index contributed by atoms with van der Waals surface area (Å²) in [6.45, 7) is -0.903. The van der Waals surface area contributed by atoms with Crippen molar-refractivity contribution >= 4 is 26.0 Å². The molecule has 0 spiro atoms. The zero-order chi connectivity index (χ0) is 13.3. The molecule has 3 nitrogen and oxygen atoms in total. The van der Waals surface area contributed by atoms with E-state index < -0.39 is 28.1 Å². The molecule has 17 heavy (non-hydrogen) atoms. The lowest BCUT2D eigenvalue weighted by atomic mass is 10.2. The van der Waals surface area contributed by atoms with Crippen LogP contribution in [-0.2, 0) is 20.9 Å². The maximum Gasteiger partial charge on any atom is 0.523 e. The predicted octanol–water partition coefficient (Wildman–Crippen LogP) is 2.95.